The molecule has 0 saturated carbocycles. The first-order chi connectivity index (χ1) is 10.1. The minimum Gasteiger partial charge on any atom is -0.345 e. The van der Waals surface area contributed by atoms with Crippen molar-refractivity contribution in [1.82, 2.24) is 15.1 Å². The van der Waals surface area contributed by atoms with E-state index in [1.807, 2.05) is 11.7 Å². The maximum Gasteiger partial charge on any atom is 0.255 e. The first-order valence-electron chi connectivity index (χ1n) is 6.83. The van der Waals surface area contributed by atoms with E-state index in [4.69, 9.17) is 0 Å². The molecule has 1 aromatic carbocycles. The van der Waals surface area contributed by atoms with Gasteiger partial charge in [0.15, 0.2) is 0 Å². The highest BCUT2D eigenvalue weighted by Crippen LogP contribution is 2.30. The molecule has 4 nitrogen and oxygen atoms in total. The average molecular weight is 352 g/mol. The molecule has 0 spiro atoms. The molecule has 1 unspecified atom stereocenters. The van der Waals surface area contributed by atoms with Gasteiger partial charge in [0.1, 0.15) is 5.82 Å². The number of hydrogen-bond acceptors (Lipinski definition) is 2. The molecule has 1 amide bonds. The number of aryl methyl sites for hydroxylation is 1. The van der Waals surface area contributed by atoms with E-state index in [1.165, 1.54) is 6.07 Å². The van der Waals surface area contributed by atoms with Crippen molar-refractivity contribution in [2.45, 2.75) is 25.3 Å². The van der Waals surface area contributed by atoms with Crippen molar-refractivity contribution in [2.75, 3.05) is 0 Å². The quantitative estimate of drug-likeness (QED) is 0.903. The molecule has 0 radical (unpaired) electrons. The Balaban J connectivity index is 1.86. The topological polar surface area (TPSA) is 46.9 Å². The smallest absolute Gasteiger partial charge is 0.255 e. The maximum absolute atomic E-state index is 13.8. The van der Waals surface area contributed by atoms with Gasteiger partial charge in [-0.2, -0.15) is 5.10 Å². The van der Waals surface area contributed by atoms with Crippen molar-refractivity contribution in [3.63, 3.8) is 0 Å². The second-order valence-corrected chi connectivity index (χ2v) is 6.04. The highest BCUT2D eigenvalue weighted by atomic mass is 79.9. The van der Waals surface area contributed by atoms with Gasteiger partial charge in [0, 0.05) is 22.8 Å². The molecule has 0 fully saturated rings. The molecule has 0 aliphatic heterocycles. The van der Waals surface area contributed by atoms with E-state index in [2.05, 4.69) is 26.3 Å². The van der Waals surface area contributed by atoms with Crippen LogP contribution < -0.4 is 5.32 Å². The third-order valence-electron chi connectivity index (χ3n) is 3.87. The van der Waals surface area contributed by atoms with Crippen LogP contribution in [0.5, 0.6) is 0 Å². The van der Waals surface area contributed by atoms with Crippen molar-refractivity contribution in [3.05, 3.63) is 51.5 Å². The van der Waals surface area contributed by atoms with Crippen LogP contribution in [0.25, 0.3) is 0 Å². The summed E-state index contributed by atoms with van der Waals surface area (Å²) in [5.41, 5.74) is 2.22. The van der Waals surface area contributed by atoms with Gasteiger partial charge in [0.25, 0.3) is 5.91 Å². The van der Waals surface area contributed by atoms with Gasteiger partial charge in [-0.25, -0.2) is 4.39 Å². The number of nitrogens with zero attached hydrogens (tertiary/aromatic N) is 2. The van der Waals surface area contributed by atoms with Crippen molar-refractivity contribution < 1.29 is 9.18 Å². The molecular formula is C15H15BrFN3O. The minimum atomic E-state index is -0.524. The van der Waals surface area contributed by atoms with Crippen molar-refractivity contribution in [2.24, 2.45) is 7.05 Å². The molecule has 0 bridgehead atoms. The Labute approximate surface area is 130 Å². The first-order valence-corrected chi connectivity index (χ1v) is 7.63. The predicted molar refractivity (Wildman–Crippen MR) is 80.5 cm³/mol. The van der Waals surface area contributed by atoms with Gasteiger partial charge in [-0.1, -0.05) is 6.07 Å². The van der Waals surface area contributed by atoms with Crippen molar-refractivity contribution >= 4 is 21.8 Å². The molecule has 1 heterocycles. The SMILES string of the molecule is Cn1ncc2c1CCCC2NC(=O)c1c(F)cccc1Br. The van der Waals surface area contributed by atoms with E-state index in [9.17, 15) is 9.18 Å². The summed E-state index contributed by atoms with van der Waals surface area (Å²) in [6.07, 6.45) is 4.57. The average Bonchev–Trinajstić information content (AvgIpc) is 2.82. The van der Waals surface area contributed by atoms with Crippen molar-refractivity contribution in [3.8, 4) is 0 Å². The Bertz CT molecular complexity index is 678. The summed E-state index contributed by atoms with van der Waals surface area (Å²) in [5.74, 6) is -0.925. The number of hydrogen-bond donors (Lipinski definition) is 1. The predicted octanol–water partition coefficient (Wildman–Crippen LogP) is 3.13. The zero-order valence-electron chi connectivity index (χ0n) is 11.6. The van der Waals surface area contributed by atoms with Crippen LogP contribution >= 0.6 is 15.9 Å². The number of halogens is 2. The lowest BCUT2D eigenvalue weighted by Crippen LogP contribution is -2.31. The summed E-state index contributed by atoms with van der Waals surface area (Å²) in [4.78, 5) is 12.4. The van der Waals surface area contributed by atoms with Gasteiger partial charge in [-0.05, 0) is 47.3 Å². The highest BCUT2D eigenvalue weighted by molar-refractivity contribution is 9.10. The second kappa shape index (κ2) is 5.60. The van der Waals surface area contributed by atoms with E-state index in [-0.39, 0.29) is 11.6 Å². The van der Waals surface area contributed by atoms with E-state index in [0.717, 1.165) is 30.5 Å². The molecule has 0 saturated heterocycles. The van der Waals surface area contributed by atoms with Crippen LogP contribution in [0.1, 0.15) is 40.5 Å². The molecule has 1 N–H and O–H groups in total. The molecule has 2 aromatic rings. The van der Waals surface area contributed by atoms with Crippen LogP contribution in [0.15, 0.2) is 28.9 Å². The second-order valence-electron chi connectivity index (χ2n) is 5.19. The minimum absolute atomic E-state index is 0.0495. The fraction of sp³-hybridized carbons (Fsp3) is 0.333. The summed E-state index contributed by atoms with van der Waals surface area (Å²) in [7, 11) is 1.90. The number of carbonyl (C=O) groups is 1. The third-order valence-corrected chi connectivity index (χ3v) is 4.53. The van der Waals surface area contributed by atoms with Gasteiger partial charge in [0.2, 0.25) is 0 Å². The molecular weight excluding hydrogens is 337 g/mol. The molecule has 1 aliphatic carbocycles. The van der Waals surface area contributed by atoms with Crippen LogP contribution in [0.2, 0.25) is 0 Å². The lowest BCUT2D eigenvalue weighted by molar-refractivity contribution is 0.0927. The highest BCUT2D eigenvalue weighted by Gasteiger charge is 2.26. The molecule has 1 aromatic heterocycles. The normalized spacial score (nSPS) is 17.4. The number of amides is 1. The Kier molecular flexibility index (Phi) is 3.80. The summed E-state index contributed by atoms with van der Waals surface area (Å²) < 4.78 is 16.1. The van der Waals surface area contributed by atoms with E-state index < -0.39 is 11.7 Å². The van der Waals surface area contributed by atoms with Gasteiger partial charge in [-0.15, -0.1) is 0 Å². The summed E-state index contributed by atoms with van der Waals surface area (Å²) in [6, 6.07) is 4.40. The number of aromatic nitrogens is 2. The van der Waals surface area contributed by atoms with Crippen LogP contribution in [0.3, 0.4) is 0 Å². The number of benzene rings is 1. The lowest BCUT2D eigenvalue weighted by atomic mass is 9.92. The molecule has 21 heavy (non-hydrogen) atoms. The van der Waals surface area contributed by atoms with Gasteiger partial charge in [-0.3, -0.25) is 9.48 Å². The van der Waals surface area contributed by atoms with Gasteiger partial charge in [0.05, 0.1) is 17.8 Å². The van der Waals surface area contributed by atoms with Crippen LogP contribution in [-0.2, 0) is 13.5 Å². The fourth-order valence-corrected chi connectivity index (χ4v) is 3.32. The van der Waals surface area contributed by atoms with E-state index >= 15 is 0 Å². The fourth-order valence-electron chi connectivity index (χ4n) is 2.80. The van der Waals surface area contributed by atoms with E-state index in [0.29, 0.717) is 4.47 Å². The molecule has 110 valence electrons. The number of rotatable bonds is 2. The lowest BCUT2D eigenvalue weighted by Gasteiger charge is -2.24. The van der Waals surface area contributed by atoms with Crippen LogP contribution in [0, 0.1) is 5.82 Å². The number of fused-ring (bicyclic) bond motifs is 1. The zero-order chi connectivity index (χ0) is 15.0. The zero-order valence-corrected chi connectivity index (χ0v) is 13.2. The first kappa shape index (κ1) is 14.3. The summed E-state index contributed by atoms with van der Waals surface area (Å²) in [5, 5.41) is 7.17. The molecule has 1 aliphatic rings. The van der Waals surface area contributed by atoms with Crippen LogP contribution in [0.4, 0.5) is 4.39 Å². The Morgan fingerprint density at radius 1 is 1.52 bits per heavy atom. The Morgan fingerprint density at radius 3 is 3.10 bits per heavy atom. The van der Waals surface area contributed by atoms with Gasteiger partial charge >= 0.3 is 0 Å². The maximum atomic E-state index is 13.8. The summed E-state index contributed by atoms with van der Waals surface area (Å²) >= 11 is 3.23. The Hall–Kier alpha value is -1.69. The standard InChI is InChI=1S/C15H15BrFN3O/c1-20-13-7-3-6-12(9(13)8-18-20)19-15(21)14-10(16)4-2-5-11(14)17/h2,4-5,8,12H,3,6-7H2,1H3,(H,19,21). The number of carbonyl (C=O) groups excluding carboxylic acids is 1. The van der Waals surface area contributed by atoms with Gasteiger partial charge < -0.3 is 5.32 Å². The Morgan fingerprint density at radius 2 is 2.33 bits per heavy atom. The van der Waals surface area contributed by atoms with E-state index in [1.54, 1.807) is 18.3 Å². The largest absolute Gasteiger partial charge is 0.345 e. The monoisotopic (exact) mass is 351 g/mol. The van der Waals surface area contributed by atoms with Crippen molar-refractivity contribution in [1.29, 1.82) is 0 Å². The number of nitrogens with one attached hydrogen (secondary N) is 1. The molecule has 3 rings (SSSR count). The third kappa shape index (κ3) is 2.60. The summed E-state index contributed by atoms with van der Waals surface area (Å²) in [6.45, 7) is 0. The molecule has 1 atom stereocenters. The van der Waals surface area contributed by atoms with Crippen LogP contribution in [-0.4, -0.2) is 15.7 Å². The molecule has 6 heteroatoms.